The van der Waals surface area contributed by atoms with Crippen molar-refractivity contribution in [2.24, 2.45) is 0 Å². The summed E-state index contributed by atoms with van der Waals surface area (Å²) in [5.74, 6) is 0.894. The smallest absolute Gasteiger partial charge is 0.119 e. The van der Waals surface area contributed by atoms with Gasteiger partial charge in [-0.15, -0.1) is 11.3 Å². The SMILES string of the molecule is COc1cccc([C@@H](C)NCc2csc(C)n2)c1. The molecule has 0 aliphatic carbocycles. The van der Waals surface area contributed by atoms with Crippen molar-refractivity contribution in [3.63, 3.8) is 0 Å². The molecule has 0 saturated heterocycles. The predicted molar refractivity (Wildman–Crippen MR) is 75.1 cm³/mol. The van der Waals surface area contributed by atoms with Gasteiger partial charge in [-0.2, -0.15) is 0 Å². The number of aryl methyl sites for hydroxylation is 1. The minimum atomic E-state index is 0.280. The molecule has 0 saturated carbocycles. The first-order chi connectivity index (χ1) is 8.69. The number of nitrogens with one attached hydrogen (secondary N) is 1. The molecule has 0 spiro atoms. The van der Waals surface area contributed by atoms with Crippen molar-refractivity contribution in [3.8, 4) is 5.75 Å². The number of rotatable bonds is 5. The van der Waals surface area contributed by atoms with Gasteiger partial charge in [0.15, 0.2) is 0 Å². The van der Waals surface area contributed by atoms with Crippen LogP contribution in [0.4, 0.5) is 0 Å². The maximum Gasteiger partial charge on any atom is 0.119 e. The standard InChI is InChI=1S/C14H18N2OS/c1-10(12-5-4-6-14(7-12)17-3)15-8-13-9-18-11(2)16-13/h4-7,9-10,15H,8H2,1-3H3/t10-/m1/s1. The molecule has 2 aromatic rings. The number of hydrogen-bond acceptors (Lipinski definition) is 4. The van der Waals surface area contributed by atoms with E-state index in [1.807, 2.05) is 19.1 Å². The second-order valence-corrected chi connectivity index (χ2v) is 5.30. The molecule has 1 atom stereocenters. The van der Waals surface area contributed by atoms with Crippen LogP contribution >= 0.6 is 11.3 Å². The summed E-state index contributed by atoms with van der Waals surface area (Å²) in [6.07, 6.45) is 0. The summed E-state index contributed by atoms with van der Waals surface area (Å²) in [7, 11) is 1.69. The van der Waals surface area contributed by atoms with Gasteiger partial charge in [-0.25, -0.2) is 4.98 Å². The summed E-state index contributed by atoms with van der Waals surface area (Å²) in [5, 5.41) is 6.68. The summed E-state index contributed by atoms with van der Waals surface area (Å²) < 4.78 is 5.23. The van der Waals surface area contributed by atoms with Crippen LogP contribution in [0.3, 0.4) is 0 Å². The van der Waals surface area contributed by atoms with E-state index >= 15 is 0 Å². The lowest BCUT2D eigenvalue weighted by molar-refractivity contribution is 0.413. The average Bonchev–Trinajstić information content (AvgIpc) is 2.82. The molecule has 0 unspecified atom stereocenters. The Balaban J connectivity index is 1.96. The van der Waals surface area contributed by atoms with E-state index in [1.165, 1.54) is 5.56 Å². The summed E-state index contributed by atoms with van der Waals surface area (Å²) in [6, 6.07) is 8.41. The molecule has 1 aromatic carbocycles. The molecule has 0 bridgehead atoms. The quantitative estimate of drug-likeness (QED) is 0.897. The molecular weight excluding hydrogens is 244 g/mol. The van der Waals surface area contributed by atoms with Gasteiger partial charge in [-0.1, -0.05) is 12.1 Å². The highest BCUT2D eigenvalue weighted by Gasteiger charge is 2.06. The molecule has 18 heavy (non-hydrogen) atoms. The van der Waals surface area contributed by atoms with E-state index in [2.05, 4.69) is 34.7 Å². The average molecular weight is 262 g/mol. The van der Waals surface area contributed by atoms with Crippen LogP contribution in [0.15, 0.2) is 29.6 Å². The molecule has 1 N–H and O–H groups in total. The van der Waals surface area contributed by atoms with Gasteiger partial charge < -0.3 is 10.1 Å². The molecule has 0 amide bonds. The van der Waals surface area contributed by atoms with Gasteiger partial charge in [-0.3, -0.25) is 0 Å². The van der Waals surface area contributed by atoms with Gasteiger partial charge in [0.2, 0.25) is 0 Å². The topological polar surface area (TPSA) is 34.1 Å². The lowest BCUT2D eigenvalue weighted by Crippen LogP contribution is -2.18. The third-order valence-corrected chi connectivity index (χ3v) is 3.67. The Morgan fingerprint density at radius 1 is 1.44 bits per heavy atom. The predicted octanol–water partition coefficient (Wildman–Crippen LogP) is 3.31. The van der Waals surface area contributed by atoms with Crippen LogP contribution in [0.25, 0.3) is 0 Å². The molecule has 1 aromatic heterocycles. The zero-order chi connectivity index (χ0) is 13.0. The molecule has 1 heterocycles. The summed E-state index contributed by atoms with van der Waals surface area (Å²) in [4.78, 5) is 4.44. The Labute approximate surface area is 112 Å². The zero-order valence-corrected chi connectivity index (χ0v) is 11.8. The van der Waals surface area contributed by atoms with Crippen LogP contribution < -0.4 is 10.1 Å². The molecule has 96 valence electrons. The number of ether oxygens (including phenoxy) is 1. The number of hydrogen-bond donors (Lipinski definition) is 1. The molecule has 0 radical (unpaired) electrons. The van der Waals surface area contributed by atoms with E-state index in [4.69, 9.17) is 4.74 Å². The normalized spacial score (nSPS) is 12.4. The van der Waals surface area contributed by atoms with E-state index in [1.54, 1.807) is 18.4 Å². The number of benzene rings is 1. The lowest BCUT2D eigenvalue weighted by Gasteiger charge is -2.14. The molecule has 0 aliphatic rings. The number of aromatic nitrogens is 1. The molecular formula is C14H18N2OS. The van der Waals surface area contributed by atoms with Gasteiger partial charge in [0, 0.05) is 18.0 Å². The highest BCUT2D eigenvalue weighted by molar-refractivity contribution is 7.09. The van der Waals surface area contributed by atoms with Crippen molar-refractivity contribution in [1.29, 1.82) is 0 Å². The number of thiazole rings is 1. The van der Waals surface area contributed by atoms with E-state index in [9.17, 15) is 0 Å². The van der Waals surface area contributed by atoms with Crippen LogP contribution in [0, 0.1) is 6.92 Å². The minimum absolute atomic E-state index is 0.280. The first-order valence-electron chi connectivity index (χ1n) is 5.97. The van der Waals surface area contributed by atoms with Gasteiger partial charge in [-0.05, 0) is 31.5 Å². The second-order valence-electron chi connectivity index (χ2n) is 4.24. The van der Waals surface area contributed by atoms with Crippen molar-refractivity contribution < 1.29 is 4.74 Å². The first kappa shape index (κ1) is 13.1. The minimum Gasteiger partial charge on any atom is -0.497 e. The van der Waals surface area contributed by atoms with E-state index < -0.39 is 0 Å². The van der Waals surface area contributed by atoms with Gasteiger partial charge in [0.25, 0.3) is 0 Å². The van der Waals surface area contributed by atoms with Crippen molar-refractivity contribution in [2.75, 3.05) is 7.11 Å². The summed E-state index contributed by atoms with van der Waals surface area (Å²) in [5.41, 5.74) is 2.33. The Kier molecular flexibility index (Phi) is 4.33. The Morgan fingerprint density at radius 2 is 2.28 bits per heavy atom. The Bertz CT molecular complexity index is 510. The van der Waals surface area contributed by atoms with E-state index in [0.29, 0.717) is 0 Å². The maximum absolute atomic E-state index is 5.23. The highest BCUT2D eigenvalue weighted by Crippen LogP contribution is 2.19. The third kappa shape index (κ3) is 3.31. The van der Waals surface area contributed by atoms with E-state index in [0.717, 1.165) is 23.0 Å². The molecule has 4 heteroatoms. The van der Waals surface area contributed by atoms with Crippen molar-refractivity contribution in [2.45, 2.75) is 26.4 Å². The summed E-state index contributed by atoms with van der Waals surface area (Å²) in [6.45, 7) is 4.97. The second kappa shape index (κ2) is 5.98. The van der Waals surface area contributed by atoms with Crippen molar-refractivity contribution in [1.82, 2.24) is 10.3 Å². The van der Waals surface area contributed by atoms with Crippen LogP contribution in [0.5, 0.6) is 5.75 Å². The Hall–Kier alpha value is -1.39. The van der Waals surface area contributed by atoms with Crippen LogP contribution in [-0.2, 0) is 6.54 Å². The van der Waals surface area contributed by atoms with Gasteiger partial charge in [0.1, 0.15) is 5.75 Å². The van der Waals surface area contributed by atoms with Gasteiger partial charge in [0.05, 0.1) is 17.8 Å². The number of methoxy groups -OCH3 is 1. The van der Waals surface area contributed by atoms with Crippen molar-refractivity contribution >= 4 is 11.3 Å². The zero-order valence-electron chi connectivity index (χ0n) is 10.9. The highest BCUT2D eigenvalue weighted by atomic mass is 32.1. The van der Waals surface area contributed by atoms with Crippen LogP contribution in [0.2, 0.25) is 0 Å². The fraction of sp³-hybridized carbons (Fsp3) is 0.357. The van der Waals surface area contributed by atoms with Crippen molar-refractivity contribution in [3.05, 3.63) is 45.9 Å². The molecule has 2 rings (SSSR count). The van der Waals surface area contributed by atoms with E-state index in [-0.39, 0.29) is 6.04 Å². The molecule has 0 fully saturated rings. The summed E-state index contributed by atoms with van der Waals surface area (Å²) >= 11 is 1.69. The molecule has 0 aliphatic heterocycles. The fourth-order valence-corrected chi connectivity index (χ4v) is 2.39. The first-order valence-corrected chi connectivity index (χ1v) is 6.85. The monoisotopic (exact) mass is 262 g/mol. The van der Waals surface area contributed by atoms with Crippen LogP contribution in [0.1, 0.15) is 29.2 Å². The fourth-order valence-electron chi connectivity index (χ4n) is 1.78. The van der Waals surface area contributed by atoms with Gasteiger partial charge >= 0.3 is 0 Å². The Morgan fingerprint density at radius 3 is 2.94 bits per heavy atom. The third-order valence-electron chi connectivity index (χ3n) is 2.85. The molecule has 3 nitrogen and oxygen atoms in total. The largest absolute Gasteiger partial charge is 0.497 e. The maximum atomic E-state index is 5.23. The number of nitrogens with zero attached hydrogens (tertiary/aromatic N) is 1. The van der Waals surface area contributed by atoms with Crippen LogP contribution in [-0.4, -0.2) is 12.1 Å². The lowest BCUT2D eigenvalue weighted by atomic mass is 10.1.